The van der Waals surface area contributed by atoms with Crippen molar-refractivity contribution in [3.8, 4) is 0 Å². The molecule has 0 radical (unpaired) electrons. The molecular weight excluding hydrogens is 477 g/mol. The van der Waals surface area contributed by atoms with Crippen molar-refractivity contribution in [1.82, 2.24) is 15.5 Å². The lowest BCUT2D eigenvalue weighted by Gasteiger charge is -2.32. The van der Waals surface area contributed by atoms with Gasteiger partial charge in [0.05, 0.1) is 43.5 Å². The minimum atomic E-state index is -0.954. The van der Waals surface area contributed by atoms with Crippen molar-refractivity contribution in [3.63, 3.8) is 0 Å². The first-order valence-corrected chi connectivity index (χ1v) is 11.4. The van der Waals surface area contributed by atoms with Gasteiger partial charge in [0.1, 0.15) is 5.82 Å². The maximum Gasteiger partial charge on any atom is 0.338 e. The average molecular weight is 504 g/mol. The van der Waals surface area contributed by atoms with Gasteiger partial charge in [0.25, 0.3) is 0 Å². The molecular formula is C25H27ClFN3O5. The number of carbonyl (C=O) groups is 3. The Morgan fingerprint density at radius 3 is 2.57 bits per heavy atom. The first-order valence-electron chi connectivity index (χ1n) is 11.1. The van der Waals surface area contributed by atoms with Crippen LogP contribution in [0.1, 0.15) is 24.1 Å². The van der Waals surface area contributed by atoms with Crippen LogP contribution in [0, 0.1) is 5.82 Å². The molecule has 3 amide bonds. The first-order chi connectivity index (χ1) is 16.8. The van der Waals surface area contributed by atoms with Crippen molar-refractivity contribution >= 4 is 29.5 Å². The number of nitrogens with one attached hydrogen (secondary N) is 2. The monoisotopic (exact) mass is 503 g/mol. The number of rotatable bonds is 10. The Morgan fingerprint density at radius 2 is 1.91 bits per heavy atom. The van der Waals surface area contributed by atoms with E-state index in [1.54, 1.807) is 37.3 Å². The number of halogens is 2. The topological polar surface area (TPSA) is 97.0 Å². The van der Waals surface area contributed by atoms with E-state index in [0.717, 1.165) is 5.56 Å². The van der Waals surface area contributed by atoms with Gasteiger partial charge in [-0.3, -0.25) is 4.79 Å². The molecule has 1 unspecified atom stereocenters. The summed E-state index contributed by atoms with van der Waals surface area (Å²) in [4.78, 5) is 40.1. The average Bonchev–Trinajstić information content (AvgIpc) is 2.82. The van der Waals surface area contributed by atoms with Crippen LogP contribution < -0.4 is 10.6 Å². The zero-order valence-corrected chi connectivity index (χ0v) is 20.2. The van der Waals surface area contributed by atoms with Gasteiger partial charge in [-0.25, -0.2) is 14.0 Å². The number of carbonyl (C=O) groups excluding carboxylic acids is 3. The quantitative estimate of drug-likeness (QED) is 0.485. The molecule has 1 heterocycles. The largest absolute Gasteiger partial charge is 0.463 e. The summed E-state index contributed by atoms with van der Waals surface area (Å²) in [7, 11) is 1.51. The lowest BCUT2D eigenvalue weighted by Crippen LogP contribution is -2.49. The van der Waals surface area contributed by atoms with E-state index in [4.69, 9.17) is 21.1 Å². The molecule has 2 aromatic rings. The van der Waals surface area contributed by atoms with Crippen molar-refractivity contribution in [1.29, 1.82) is 0 Å². The second-order valence-electron chi connectivity index (χ2n) is 7.81. The number of ether oxygens (including phenoxy) is 2. The third kappa shape index (κ3) is 7.03. The van der Waals surface area contributed by atoms with E-state index in [2.05, 4.69) is 10.6 Å². The standard InChI is InChI=1S/C25H27ClFN3O5/c1-3-35-24(32)22-20(28-25(33)29-23(22)17-5-4-6-19(27)14-17)15-30(11-12-34-2)21(31)13-16-7-9-18(26)10-8-16/h4-10,14,23H,3,11-13,15H2,1-2H3,(H2,28,29,33). The Balaban J connectivity index is 1.97. The van der Waals surface area contributed by atoms with Crippen molar-refractivity contribution in [3.05, 3.63) is 81.8 Å². The molecule has 0 spiro atoms. The van der Waals surface area contributed by atoms with Gasteiger partial charge in [-0.1, -0.05) is 35.9 Å². The Morgan fingerprint density at radius 1 is 1.17 bits per heavy atom. The fraction of sp³-hybridized carbons (Fsp3) is 0.320. The molecule has 10 heteroatoms. The van der Waals surface area contributed by atoms with Crippen LogP contribution in [0.2, 0.25) is 5.02 Å². The molecule has 186 valence electrons. The SMILES string of the molecule is CCOC(=O)C1=C(CN(CCOC)C(=O)Cc2ccc(Cl)cc2)NC(=O)NC1c1cccc(F)c1. The van der Waals surface area contributed by atoms with Crippen LogP contribution in [0.15, 0.2) is 59.8 Å². The fourth-order valence-electron chi connectivity index (χ4n) is 3.70. The van der Waals surface area contributed by atoms with E-state index < -0.39 is 23.9 Å². The Hall–Kier alpha value is -3.43. The van der Waals surface area contributed by atoms with Gasteiger partial charge in [0, 0.05) is 18.7 Å². The number of amides is 3. The van der Waals surface area contributed by atoms with Gasteiger partial charge in [0.15, 0.2) is 0 Å². The molecule has 2 aromatic carbocycles. The molecule has 1 atom stereocenters. The van der Waals surface area contributed by atoms with Crippen LogP contribution in [-0.2, 0) is 25.5 Å². The molecule has 2 N–H and O–H groups in total. The lowest BCUT2D eigenvalue weighted by atomic mass is 9.94. The van der Waals surface area contributed by atoms with Gasteiger partial charge in [-0.15, -0.1) is 0 Å². The summed E-state index contributed by atoms with van der Waals surface area (Å²) in [6.45, 7) is 2.14. The second-order valence-corrected chi connectivity index (χ2v) is 8.25. The number of methoxy groups -OCH3 is 1. The van der Waals surface area contributed by atoms with E-state index in [0.29, 0.717) is 10.6 Å². The molecule has 1 aliphatic heterocycles. The van der Waals surface area contributed by atoms with E-state index in [9.17, 15) is 18.8 Å². The van der Waals surface area contributed by atoms with E-state index in [1.807, 2.05) is 0 Å². The molecule has 8 nitrogen and oxygen atoms in total. The fourth-order valence-corrected chi connectivity index (χ4v) is 3.83. The van der Waals surface area contributed by atoms with E-state index >= 15 is 0 Å². The van der Waals surface area contributed by atoms with Crippen molar-refractivity contribution in [2.45, 2.75) is 19.4 Å². The van der Waals surface area contributed by atoms with Crippen molar-refractivity contribution in [2.75, 3.05) is 33.4 Å². The molecule has 3 rings (SSSR count). The maximum absolute atomic E-state index is 13.9. The minimum absolute atomic E-state index is 0.0802. The van der Waals surface area contributed by atoms with Gasteiger partial charge in [-0.05, 0) is 42.3 Å². The summed E-state index contributed by atoms with van der Waals surface area (Å²) in [5.74, 6) is -1.43. The molecule has 0 saturated heterocycles. The predicted molar refractivity (Wildman–Crippen MR) is 128 cm³/mol. The van der Waals surface area contributed by atoms with E-state index in [-0.39, 0.29) is 49.9 Å². The lowest BCUT2D eigenvalue weighted by molar-refractivity contribution is -0.139. The molecule has 0 saturated carbocycles. The van der Waals surface area contributed by atoms with Crippen molar-refractivity contribution < 1.29 is 28.2 Å². The Labute approximate surface area is 208 Å². The van der Waals surface area contributed by atoms with Crippen LogP contribution in [0.4, 0.5) is 9.18 Å². The van der Waals surface area contributed by atoms with Crippen LogP contribution in [0.25, 0.3) is 0 Å². The maximum atomic E-state index is 13.9. The number of hydrogen-bond donors (Lipinski definition) is 2. The van der Waals surface area contributed by atoms with Gasteiger partial charge in [0.2, 0.25) is 5.91 Å². The molecule has 0 aromatic heterocycles. The van der Waals surface area contributed by atoms with E-state index in [1.165, 1.54) is 30.2 Å². The van der Waals surface area contributed by atoms with Crippen LogP contribution in [0.5, 0.6) is 0 Å². The normalized spacial score (nSPS) is 15.3. The number of urea groups is 1. The van der Waals surface area contributed by atoms with Gasteiger partial charge >= 0.3 is 12.0 Å². The highest BCUT2D eigenvalue weighted by Crippen LogP contribution is 2.28. The Bertz CT molecular complexity index is 1110. The van der Waals surface area contributed by atoms with Crippen LogP contribution in [0.3, 0.4) is 0 Å². The van der Waals surface area contributed by atoms with Gasteiger partial charge in [-0.2, -0.15) is 0 Å². The summed E-state index contributed by atoms with van der Waals surface area (Å²) in [6.07, 6.45) is 0.0857. The van der Waals surface area contributed by atoms with Crippen molar-refractivity contribution in [2.24, 2.45) is 0 Å². The first kappa shape index (κ1) is 26.2. The Kier molecular flexibility index (Phi) is 9.22. The molecule has 0 bridgehead atoms. The zero-order chi connectivity index (χ0) is 25.4. The van der Waals surface area contributed by atoms with Crippen LogP contribution in [-0.4, -0.2) is 56.2 Å². The third-order valence-corrected chi connectivity index (χ3v) is 5.62. The molecule has 0 aliphatic carbocycles. The zero-order valence-electron chi connectivity index (χ0n) is 19.5. The van der Waals surface area contributed by atoms with Gasteiger partial charge < -0.3 is 25.0 Å². The summed E-state index contributed by atoms with van der Waals surface area (Å²) < 4.78 is 24.3. The summed E-state index contributed by atoms with van der Waals surface area (Å²) >= 11 is 5.94. The smallest absolute Gasteiger partial charge is 0.338 e. The third-order valence-electron chi connectivity index (χ3n) is 5.37. The number of esters is 1. The summed E-state index contributed by atoms with van der Waals surface area (Å²) in [6, 6.07) is 11.0. The molecule has 0 fully saturated rings. The number of hydrogen-bond acceptors (Lipinski definition) is 5. The highest BCUT2D eigenvalue weighted by Gasteiger charge is 2.35. The predicted octanol–water partition coefficient (Wildman–Crippen LogP) is 3.37. The molecule has 35 heavy (non-hydrogen) atoms. The summed E-state index contributed by atoms with van der Waals surface area (Å²) in [5, 5.41) is 5.85. The molecule has 1 aliphatic rings. The second kappa shape index (κ2) is 12.3. The summed E-state index contributed by atoms with van der Waals surface area (Å²) in [5.41, 5.74) is 1.42. The highest BCUT2D eigenvalue weighted by molar-refractivity contribution is 6.30. The minimum Gasteiger partial charge on any atom is -0.463 e. The van der Waals surface area contributed by atoms with Crippen LogP contribution >= 0.6 is 11.6 Å². The number of benzene rings is 2. The highest BCUT2D eigenvalue weighted by atomic mass is 35.5. The number of nitrogens with zero attached hydrogens (tertiary/aromatic N) is 1.